The van der Waals surface area contributed by atoms with Crippen LogP contribution in [0, 0.1) is 11.3 Å². The third-order valence-electron chi connectivity index (χ3n) is 6.48. The van der Waals surface area contributed by atoms with E-state index >= 15 is 0 Å². The minimum atomic E-state index is -0.775. The van der Waals surface area contributed by atoms with Crippen molar-refractivity contribution < 1.29 is 19.2 Å². The van der Waals surface area contributed by atoms with Crippen LogP contribution >= 0.6 is 11.6 Å². The molecular formula is C28H35ClN4O4. The van der Waals surface area contributed by atoms with Crippen LogP contribution in [-0.2, 0) is 17.8 Å². The Balaban J connectivity index is 1.47. The lowest BCUT2D eigenvalue weighted by Crippen LogP contribution is -2.37. The predicted molar refractivity (Wildman–Crippen MR) is 145 cm³/mol. The fraction of sp³-hybridized carbons (Fsp3) is 0.464. The van der Waals surface area contributed by atoms with E-state index in [4.69, 9.17) is 20.9 Å². The van der Waals surface area contributed by atoms with Crippen LogP contribution in [0.25, 0.3) is 11.5 Å². The lowest BCUT2D eigenvalue weighted by molar-refractivity contribution is -0.145. The lowest BCUT2D eigenvalue weighted by atomic mass is 9.80. The summed E-state index contributed by atoms with van der Waals surface area (Å²) in [6.45, 7) is 11.6. The molecule has 0 fully saturated rings. The van der Waals surface area contributed by atoms with Gasteiger partial charge in [-0.1, -0.05) is 44.5 Å². The first-order valence-corrected chi connectivity index (χ1v) is 13.0. The Kier molecular flexibility index (Phi) is 8.09. The van der Waals surface area contributed by atoms with Crippen LogP contribution in [-0.4, -0.2) is 40.4 Å². The molecule has 0 aliphatic carbocycles. The molecule has 1 unspecified atom stereocenters. The van der Waals surface area contributed by atoms with E-state index in [1.165, 1.54) is 5.56 Å². The van der Waals surface area contributed by atoms with Crippen molar-refractivity contribution in [2.75, 3.05) is 18.0 Å². The standard InChI is InChI=1S/C28H35ClN4O4/c1-17(2)36-24-11-9-20(14-22(24)29)25-31-27(32-37-25)33-12-6-7-19-13-18(8-10-23(19)33)15-30-16-21(26(34)35)28(3,4)5/h8-11,13-14,17,21,30H,6-7,12,15-16H2,1-5H3,(H,34,35). The van der Waals surface area contributed by atoms with E-state index < -0.39 is 11.9 Å². The number of ether oxygens (including phenoxy) is 1. The maximum atomic E-state index is 11.6. The van der Waals surface area contributed by atoms with Gasteiger partial charge in [0.2, 0.25) is 0 Å². The van der Waals surface area contributed by atoms with Crippen LogP contribution in [0.5, 0.6) is 5.75 Å². The van der Waals surface area contributed by atoms with Crippen molar-refractivity contribution >= 4 is 29.2 Å². The molecule has 0 saturated carbocycles. The number of hydrogen-bond acceptors (Lipinski definition) is 7. The van der Waals surface area contributed by atoms with Crippen LogP contribution in [0.15, 0.2) is 40.9 Å². The normalized spacial score (nSPS) is 14.5. The monoisotopic (exact) mass is 526 g/mol. The number of nitrogens with zero attached hydrogens (tertiary/aromatic N) is 3. The largest absolute Gasteiger partial charge is 0.489 e. The zero-order valence-corrected chi connectivity index (χ0v) is 22.8. The number of anilines is 2. The Morgan fingerprint density at radius 1 is 1.24 bits per heavy atom. The molecule has 9 heteroatoms. The molecule has 1 aromatic heterocycles. The summed E-state index contributed by atoms with van der Waals surface area (Å²) < 4.78 is 11.3. The number of aryl methyl sites for hydroxylation is 1. The summed E-state index contributed by atoms with van der Waals surface area (Å²) in [5.41, 5.74) is 3.80. The molecule has 4 rings (SSSR count). The fourth-order valence-corrected chi connectivity index (χ4v) is 4.74. The number of aliphatic carboxylic acids is 1. The molecule has 0 bridgehead atoms. The Labute approximate surface area is 223 Å². The minimum absolute atomic E-state index is 0.0268. The van der Waals surface area contributed by atoms with Gasteiger partial charge in [-0.2, -0.15) is 4.98 Å². The second kappa shape index (κ2) is 11.1. The number of carbonyl (C=O) groups is 1. The average Bonchev–Trinajstić information content (AvgIpc) is 3.31. The van der Waals surface area contributed by atoms with Crippen molar-refractivity contribution in [2.45, 2.75) is 60.1 Å². The molecule has 0 radical (unpaired) electrons. The van der Waals surface area contributed by atoms with Crippen molar-refractivity contribution in [1.29, 1.82) is 0 Å². The molecule has 0 amide bonds. The minimum Gasteiger partial charge on any atom is -0.489 e. The highest BCUT2D eigenvalue weighted by atomic mass is 35.5. The average molecular weight is 527 g/mol. The number of carboxylic acid groups (broad SMARTS) is 1. The SMILES string of the molecule is CC(C)Oc1ccc(-c2nc(N3CCCc4cc(CNCC(C(=O)O)C(C)(C)C)ccc43)no2)cc1Cl. The first kappa shape index (κ1) is 26.9. The fourth-order valence-electron chi connectivity index (χ4n) is 4.52. The van der Waals surface area contributed by atoms with Gasteiger partial charge >= 0.3 is 5.97 Å². The highest BCUT2D eigenvalue weighted by molar-refractivity contribution is 6.32. The van der Waals surface area contributed by atoms with Crippen LogP contribution in [0.1, 0.15) is 52.2 Å². The first-order valence-electron chi connectivity index (χ1n) is 12.7. The van der Waals surface area contributed by atoms with E-state index in [9.17, 15) is 9.90 Å². The molecule has 0 spiro atoms. The number of carboxylic acids is 1. The van der Waals surface area contributed by atoms with Gasteiger partial charge in [0.15, 0.2) is 0 Å². The molecule has 0 saturated heterocycles. The third-order valence-corrected chi connectivity index (χ3v) is 6.78. The number of nitrogens with one attached hydrogen (secondary N) is 1. The van der Waals surface area contributed by atoms with E-state index in [-0.39, 0.29) is 11.5 Å². The van der Waals surface area contributed by atoms with Gasteiger partial charge in [0.25, 0.3) is 11.8 Å². The smallest absolute Gasteiger partial charge is 0.308 e. The summed E-state index contributed by atoms with van der Waals surface area (Å²) in [6, 6.07) is 11.8. The van der Waals surface area contributed by atoms with Gasteiger partial charge in [0, 0.05) is 30.9 Å². The molecular weight excluding hydrogens is 492 g/mol. The van der Waals surface area contributed by atoms with Crippen molar-refractivity contribution in [3.8, 4) is 17.2 Å². The summed E-state index contributed by atoms with van der Waals surface area (Å²) in [4.78, 5) is 18.4. The molecule has 2 heterocycles. The topological polar surface area (TPSA) is 101 Å². The third kappa shape index (κ3) is 6.43. The van der Waals surface area contributed by atoms with Crippen molar-refractivity contribution in [2.24, 2.45) is 11.3 Å². The summed E-state index contributed by atoms with van der Waals surface area (Å²) in [5.74, 6) is 0.291. The van der Waals surface area contributed by atoms with E-state index in [0.717, 1.165) is 36.2 Å². The molecule has 3 aromatic rings. The van der Waals surface area contributed by atoms with Crippen LogP contribution in [0.4, 0.5) is 11.6 Å². The van der Waals surface area contributed by atoms with Crippen molar-refractivity contribution in [3.63, 3.8) is 0 Å². The van der Waals surface area contributed by atoms with E-state index in [2.05, 4.69) is 38.6 Å². The van der Waals surface area contributed by atoms with Gasteiger partial charge < -0.3 is 24.6 Å². The van der Waals surface area contributed by atoms with E-state index in [1.54, 1.807) is 6.07 Å². The summed E-state index contributed by atoms with van der Waals surface area (Å²) >= 11 is 6.39. The Hall–Kier alpha value is -3.10. The number of fused-ring (bicyclic) bond motifs is 1. The molecule has 1 aliphatic rings. The van der Waals surface area contributed by atoms with Gasteiger partial charge in [-0.25, -0.2) is 0 Å². The quantitative estimate of drug-likeness (QED) is 0.345. The molecule has 8 nitrogen and oxygen atoms in total. The number of benzene rings is 2. The van der Waals surface area contributed by atoms with Gasteiger partial charge in [0.1, 0.15) is 5.75 Å². The number of halogens is 1. The van der Waals surface area contributed by atoms with Gasteiger partial charge in [-0.3, -0.25) is 4.79 Å². The number of hydrogen-bond donors (Lipinski definition) is 2. The van der Waals surface area contributed by atoms with E-state index in [0.29, 0.717) is 35.7 Å². The second-order valence-electron chi connectivity index (χ2n) is 10.8. The Morgan fingerprint density at radius 3 is 2.70 bits per heavy atom. The Morgan fingerprint density at radius 2 is 2.03 bits per heavy atom. The zero-order chi connectivity index (χ0) is 26.7. The summed E-state index contributed by atoms with van der Waals surface area (Å²) in [7, 11) is 0. The summed E-state index contributed by atoms with van der Waals surface area (Å²) in [6.07, 6.45) is 1.95. The maximum Gasteiger partial charge on any atom is 0.308 e. The molecule has 1 aliphatic heterocycles. The highest BCUT2D eigenvalue weighted by Gasteiger charge is 2.30. The molecule has 198 valence electrons. The highest BCUT2D eigenvalue weighted by Crippen LogP contribution is 2.35. The predicted octanol–water partition coefficient (Wildman–Crippen LogP) is 6.10. The van der Waals surface area contributed by atoms with Crippen molar-refractivity contribution in [3.05, 3.63) is 52.5 Å². The molecule has 1 atom stereocenters. The zero-order valence-electron chi connectivity index (χ0n) is 22.0. The maximum absolute atomic E-state index is 11.6. The van der Waals surface area contributed by atoms with Gasteiger partial charge in [0.05, 0.1) is 17.0 Å². The molecule has 37 heavy (non-hydrogen) atoms. The number of aromatic nitrogens is 2. The van der Waals surface area contributed by atoms with E-state index in [1.807, 2.05) is 46.8 Å². The Bertz CT molecular complexity index is 1250. The second-order valence-corrected chi connectivity index (χ2v) is 11.2. The van der Waals surface area contributed by atoms with Crippen LogP contribution in [0.2, 0.25) is 5.02 Å². The van der Waals surface area contributed by atoms with Crippen LogP contribution in [0.3, 0.4) is 0 Å². The van der Waals surface area contributed by atoms with Gasteiger partial charge in [-0.05, 0) is 72.7 Å². The summed E-state index contributed by atoms with van der Waals surface area (Å²) in [5, 5.41) is 17.6. The molecule has 2 N–H and O–H groups in total. The lowest BCUT2D eigenvalue weighted by Gasteiger charge is -2.29. The molecule has 2 aromatic carbocycles. The van der Waals surface area contributed by atoms with Gasteiger partial charge in [-0.15, -0.1) is 0 Å². The van der Waals surface area contributed by atoms with Crippen molar-refractivity contribution in [1.82, 2.24) is 15.5 Å². The number of rotatable bonds is 9. The van der Waals surface area contributed by atoms with Crippen LogP contribution < -0.4 is 15.0 Å². The first-order chi connectivity index (χ1) is 17.5.